The maximum Gasteiger partial charge on any atom is 0.171 e. The molecule has 0 aliphatic carbocycles. The predicted octanol–water partition coefficient (Wildman–Crippen LogP) is 3.52. The highest BCUT2D eigenvalue weighted by atomic mass is 35.5. The Morgan fingerprint density at radius 2 is 1.94 bits per heavy atom. The molecule has 2 heterocycles. The molecule has 0 spiro atoms. The maximum atomic E-state index is 6.24. The molecule has 2 rings (SSSR count). The molecule has 1 fully saturated rings. The van der Waals surface area contributed by atoms with Gasteiger partial charge >= 0.3 is 0 Å². The third kappa shape index (κ3) is 2.54. The molecule has 1 saturated heterocycles. The third-order valence-corrected chi connectivity index (χ3v) is 3.87. The maximum absolute atomic E-state index is 6.24. The number of halogens is 1. The molecule has 1 aromatic rings. The number of piperidine rings is 1. The summed E-state index contributed by atoms with van der Waals surface area (Å²) in [6.07, 6.45) is 4.92. The quantitative estimate of drug-likeness (QED) is 0.808. The molecule has 17 heavy (non-hydrogen) atoms. The Morgan fingerprint density at radius 3 is 2.65 bits per heavy atom. The smallest absolute Gasteiger partial charge is 0.171 e. The van der Waals surface area contributed by atoms with Gasteiger partial charge in [-0.2, -0.15) is 0 Å². The second-order valence-electron chi connectivity index (χ2n) is 4.76. The summed E-state index contributed by atoms with van der Waals surface area (Å²) in [4.78, 5) is 11.3. The summed E-state index contributed by atoms with van der Waals surface area (Å²) < 4.78 is 0. The Kier molecular flexibility index (Phi) is 3.87. The summed E-state index contributed by atoms with van der Waals surface area (Å²) >= 11 is 6.24. The van der Waals surface area contributed by atoms with Crippen molar-refractivity contribution in [1.82, 2.24) is 9.97 Å². The van der Waals surface area contributed by atoms with Crippen LogP contribution in [0.4, 0.5) is 5.82 Å². The molecular formula is C13H20ClN3. The van der Waals surface area contributed by atoms with Crippen LogP contribution in [0.2, 0.25) is 5.15 Å². The highest BCUT2D eigenvalue weighted by Gasteiger charge is 2.24. The fraction of sp³-hybridized carbons (Fsp3) is 0.692. The van der Waals surface area contributed by atoms with E-state index in [0.29, 0.717) is 11.2 Å². The molecule has 1 aromatic heterocycles. The van der Waals surface area contributed by atoms with Crippen molar-refractivity contribution < 1.29 is 0 Å². The van der Waals surface area contributed by atoms with E-state index in [1.807, 2.05) is 13.8 Å². The first-order valence-corrected chi connectivity index (χ1v) is 6.78. The lowest BCUT2D eigenvalue weighted by molar-refractivity contribution is 0.446. The van der Waals surface area contributed by atoms with Gasteiger partial charge in [0.25, 0.3) is 0 Å². The second kappa shape index (κ2) is 5.21. The lowest BCUT2D eigenvalue weighted by Gasteiger charge is -2.36. The summed E-state index contributed by atoms with van der Waals surface area (Å²) in [5, 5.41) is 0.549. The van der Waals surface area contributed by atoms with Crippen LogP contribution in [0.5, 0.6) is 0 Å². The molecule has 0 bridgehead atoms. The van der Waals surface area contributed by atoms with Crippen LogP contribution < -0.4 is 4.90 Å². The molecule has 3 nitrogen and oxygen atoms in total. The number of hydrogen-bond donors (Lipinski definition) is 0. The molecule has 0 amide bonds. The van der Waals surface area contributed by atoms with Crippen LogP contribution in [0.1, 0.15) is 44.0 Å². The van der Waals surface area contributed by atoms with Crippen LogP contribution in [-0.4, -0.2) is 22.6 Å². The van der Waals surface area contributed by atoms with E-state index in [-0.39, 0.29) is 0 Å². The van der Waals surface area contributed by atoms with Crippen molar-refractivity contribution in [2.45, 2.75) is 52.5 Å². The van der Waals surface area contributed by atoms with Crippen molar-refractivity contribution in [1.29, 1.82) is 0 Å². The first-order chi connectivity index (χ1) is 8.13. The van der Waals surface area contributed by atoms with Gasteiger partial charge in [0.1, 0.15) is 0 Å². The van der Waals surface area contributed by atoms with E-state index in [4.69, 9.17) is 11.6 Å². The molecule has 4 heteroatoms. The summed E-state index contributed by atoms with van der Waals surface area (Å²) in [6, 6.07) is 0.567. The highest BCUT2D eigenvalue weighted by Crippen LogP contribution is 2.30. The zero-order chi connectivity index (χ0) is 12.4. The largest absolute Gasteiger partial charge is 0.351 e. The van der Waals surface area contributed by atoms with E-state index in [1.54, 1.807) is 0 Å². The average molecular weight is 254 g/mol. The van der Waals surface area contributed by atoms with E-state index in [1.165, 1.54) is 19.3 Å². The fourth-order valence-corrected chi connectivity index (χ4v) is 2.73. The van der Waals surface area contributed by atoms with E-state index in [2.05, 4.69) is 21.8 Å². The molecule has 0 aromatic carbocycles. The normalized spacial score (nSPS) is 20.7. The van der Waals surface area contributed by atoms with Crippen LogP contribution in [0.25, 0.3) is 0 Å². The molecule has 94 valence electrons. The monoisotopic (exact) mass is 253 g/mol. The van der Waals surface area contributed by atoms with Gasteiger partial charge in [-0.05, 0) is 39.5 Å². The van der Waals surface area contributed by atoms with Gasteiger partial charge in [0.2, 0.25) is 0 Å². The van der Waals surface area contributed by atoms with Crippen molar-refractivity contribution in [3.63, 3.8) is 0 Å². The molecule has 0 saturated carbocycles. The van der Waals surface area contributed by atoms with E-state index < -0.39 is 0 Å². The topological polar surface area (TPSA) is 29.0 Å². The lowest BCUT2D eigenvalue weighted by atomic mass is 10.0. The van der Waals surface area contributed by atoms with Crippen LogP contribution in [-0.2, 0) is 0 Å². The Hall–Kier alpha value is -0.830. The highest BCUT2D eigenvalue weighted by molar-refractivity contribution is 6.31. The fourth-order valence-electron chi connectivity index (χ4n) is 2.45. The minimum Gasteiger partial charge on any atom is -0.351 e. The average Bonchev–Trinajstić information content (AvgIpc) is 2.34. The van der Waals surface area contributed by atoms with Crippen molar-refractivity contribution >= 4 is 17.4 Å². The van der Waals surface area contributed by atoms with E-state index in [9.17, 15) is 0 Å². The van der Waals surface area contributed by atoms with Gasteiger partial charge in [-0.15, -0.1) is 0 Å². The van der Waals surface area contributed by atoms with E-state index >= 15 is 0 Å². The van der Waals surface area contributed by atoms with Gasteiger partial charge < -0.3 is 4.90 Å². The number of nitrogens with zero attached hydrogens (tertiary/aromatic N) is 3. The van der Waals surface area contributed by atoms with Crippen molar-refractivity contribution in [2.75, 3.05) is 11.4 Å². The molecule has 1 atom stereocenters. The standard InChI is InChI=1S/C13H20ClN3/c1-4-11-7-5-6-8-17(11)13-12(14)15-9(2)10(3)16-13/h11H,4-8H2,1-3H3. The molecular weight excluding hydrogens is 234 g/mol. The first kappa shape index (κ1) is 12.6. The molecule has 0 radical (unpaired) electrons. The molecule has 1 unspecified atom stereocenters. The van der Waals surface area contributed by atoms with Gasteiger partial charge in [-0.3, -0.25) is 0 Å². The summed E-state index contributed by atoms with van der Waals surface area (Å²) in [7, 11) is 0. The SMILES string of the molecule is CCC1CCCCN1c1nc(C)c(C)nc1Cl. The number of aromatic nitrogens is 2. The predicted molar refractivity (Wildman–Crippen MR) is 71.8 cm³/mol. The van der Waals surface area contributed by atoms with Gasteiger partial charge in [-0.25, -0.2) is 9.97 Å². The Labute approximate surface area is 108 Å². The van der Waals surface area contributed by atoms with Crippen LogP contribution in [0.3, 0.4) is 0 Å². The van der Waals surface area contributed by atoms with Gasteiger partial charge in [0, 0.05) is 12.6 Å². The second-order valence-corrected chi connectivity index (χ2v) is 5.12. The first-order valence-electron chi connectivity index (χ1n) is 6.41. The number of anilines is 1. The third-order valence-electron chi connectivity index (χ3n) is 3.62. The number of aryl methyl sites for hydroxylation is 2. The number of rotatable bonds is 2. The van der Waals surface area contributed by atoms with Crippen LogP contribution in [0.15, 0.2) is 0 Å². The van der Waals surface area contributed by atoms with Gasteiger partial charge in [-0.1, -0.05) is 18.5 Å². The van der Waals surface area contributed by atoms with Crippen molar-refractivity contribution in [3.8, 4) is 0 Å². The van der Waals surface area contributed by atoms with Crippen LogP contribution in [0, 0.1) is 13.8 Å². The Morgan fingerprint density at radius 1 is 1.24 bits per heavy atom. The van der Waals surface area contributed by atoms with Gasteiger partial charge in [0.05, 0.1) is 11.4 Å². The molecule has 1 aliphatic rings. The van der Waals surface area contributed by atoms with E-state index in [0.717, 1.165) is 30.2 Å². The lowest BCUT2D eigenvalue weighted by Crippen LogP contribution is -2.40. The van der Waals surface area contributed by atoms with Crippen LogP contribution >= 0.6 is 11.6 Å². The van der Waals surface area contributed by atoms with Gasteiger partial charge in [0.15, 0.2) is 11.0 Å². The zero-order valence-corrected chi connectivity index (χ0v) is 11.6. The minimum absolute atomic E-state index is 0.549. The van der Waals surface area contributed by atoms with Crippen molar-refractivity contribution in [2.24, 2.45) is 0 Å². The molecule has 1 aliphatic heterocycles. The summed E-state index contributed by atoms with van der Waals surface area (Å²) in [5.74, 6) is 0.876. The Bertz CT molecular complexity index is 406. The summed E-state index contributed by atoms with van der Waals surface area (Å²) in [6.45, 7) is 7.22. The number of hydrogen-bond acceptors (Lipinski definition) is 3. The minimum atomic E-state index is 0.549. The Balaban J connectivity index is 2.34. The van der Waals surface area contributed by atoms with Crippen molar-refractivity contribution in [3.05, 3.63) is 16.5 Å². The zero-order valence-electron chi connectivity index (χ0n) is 10.8. The summed E-state index contributed by atoms with van der Waals surface area (Å²) in [5.41, 5.74) is 1.90. The molecule has 0 N–H and O–H groups in total.